The van der Waals surface area contributed by atoms with Crippen molar-refractivity contribution in [2.24, 2.45) is 0 Å². The van der Waals surface area contributed by atoms with Crippen molar-refractivity contribution in [1.29, 1.82) is 0 Å². The maximum absolute atomic E-state index is 16.5. The van der Waals surface area contributed by atoms with E-state index in [4.69, 9.17) is 26.8 Å². The minimum absolute atomic E-state index is 0.0347. The summed E-state index contributed by atoms with van der Waals surface area (Å²) in [5.41, 5.74) is 2.39. The smallest absolute Gasteiger partial charge is 0.418 e. The molecule has 3 aromatic rings. The first kappa shape index (κ1) is 27.6. The summed E-state index contributed by atoms with van der Waals surface area (Å²) in [6.45, 7) is 1.18. The second kappa shape index (κ2) is 9.66. The first-order valence-corrected chi connectivity index (χ1v) is 14.3. The van der Waals surface area contributed by atoms with E-state index >= 15 is 4.39 Å². The average Bonchev–Trinajstić information content (AvgIpc) is 3.61. The number of nitrogens with zero attached hydrogens (tertiary/aromatic N) is 5. The van der Waals surface area contributed by atoms with Gasteiger partial charge in [-0.2, -0.15) is 23.1 Å². The largest absolute Gasteiger partial charge is 0.474 e. The van der Waals surface area contributed by atoms with E-state index in [1.165, 1.54) is 0 Å². The van der Waals surface area contributed by atoms with Crippen molar-refractivity contribution in [3.63, 3.8) is 0 Å². The zero-order chi connectivity index (χ0) is 29.6. The van der Waals surface area contributed by atoms with Crippen LogP contribution < -0.4 is 20.1 Å². The maximum Gasteiger partial charge on any atom is 0.418 e. The van der Waals surface area contributed by atoms with Crippen molar-refractivity contribution in [1.82, 2.24) is 19.9 Å². The normalized spacial score (nSPS) is 27.2. The standard InChI is InChI=1S/C28H28ClF5N6O2/c1-39-15-3-4-16(9-15)42-25-19-23(21(31)22(36-25)17-7-14(35)8-18(29)20(17)28(32,33)34)37-26(38-24(19)39)41-12-27-5-2-6-40(27)11-13(30)10-27/h7-8,13,15-16H,2-6,9-12,35H2,1H3/t13-,15?,16?,27+/m1/s1. The van der Waals surface area contributed by atoms with Crippen LogP contribution in [0.5, 0.6) is 11.9 Å². The lowest BCUT2D eigenvalue weighted by Crippen LogP contribution is -2.43. The van der Waals surface area contributed by atoms with Crippen LogP contribution in [0.1, 0.15) is 44.1 Å². The fourth-order valence-electron chi connectivity index (χ4n) is 7.14. The topological polar surface area (TPSA) is 89.6 Å². The number of nitrogens with two attached hydrogens (primary N) is 1. The molecular weight excluding hydrogens is 583 g/mol. The number of ether oxygens (including phenoxy) is 2. The van der Waals surface area contributed by atoms with E-state index in [-0.39, 0.29) is 47.2 Å². The summed E-state index contributed by atoms with van der Waals surface area (Å²) in [5, 5.41) is -0.548. The summed E-state index contributed by atoms with van der Waals surface area (Å²) in [4.78, 5) is 17.2. The molecule has 8 nitrogen and oxygen atoms in total. The predicted molar refractivity (Wildman–Crippen MR) is 146 cm³/mol. The van der Waals surface area contributed by atoms with Crippen LogP contribution in [0, 0.1) is 5.82 Å². The first-order chi connectivity index (χ1) is 19.9. The van der Waals surface area contributed by atoms with Crippen molar-refractivity contribution in [3.8, 4) is 23.1 Å². The Morgan fingerprint density at radius 1 is 1.21 bits per heavy atom. The van der Waals surface area contributed by atoms with Crippen molar-refractivity contribution in [2.45, 2.75) is 68.6 Å². The number of hydrogen-bond donors (Lipinski definition) is 1. The quantitative estimate of drug-likeness (QED) is 0.293. The van der Waals surface area contributed by atoms with Gasteiger partial charge in [0, 0.05) is 43.7 Å². The van der Waals surface area contributed by atoms with Gasteiger partial charge in [0.2, 0.25) is 5.88 Å². The molecule has 3 aliphatic heterocycles. The van der Waals surface area contributed by atoms with E-state index in [2.05, 4.69) is 19.9 Å². The molecule has 3 fully saturated rings. The Labute approximate surface area is 242 Å². The van der Waals surface area contributed by atoms with Crippen molar-refractivity contribution < 1.29 is 31.4 Å². The van der Waals surface area contributed by atoms with Gasteiger partial charge >= 0.3 is 12.2 Å². The number of aromatic nitrogens is 3. The van der Waals surface area contributed by atoms with Crippen LogP contribution in [0.2, 0.25) is 5.02 Å². The van der Waals surface area contributed by atoms with Gasteiger partial charge in [0.05, 0.1) is 16.1 Å². The summed E-state index contributed by atoms with van der Waals surface area (Å²) in [6.07, 6.45) is -2.14. The molecule has 2 bridgehead atoms. The van der Waals surface area contributed by atoms with Gasteiger partial charge in [0.15, 0.2) is 5.82 Å². The number of halogens is 6. The Balaban J connectivity index is 1.42. The number of hydrogen-bond acceptors (Lipinski definition) is 8. The molecule has 1 saturated carbocycles. The number of nitrogen functional groups attached to an aromatic ring is 1. The summed E-state index contributed by atoms with van der Waals surface area (Å²) >= 11 is 5.99. The van der Waals surface area contributed by atoms with Gasteiger partial charge in [-0.15, -0.1) is 0 Å². The van der Waals surface area contributed by atoms with Crippen LogP contribution >= 0.6 is 11.6 Å². The van der Waals surface area contributed by atoms with Crippen LogP contribution in [0.15, 0.2) is 12.1 Å². The highest BCUT2D eigenvalue weighted by Crippen LogP contribution is 2.47. The minimum atomic E-state index is -4.93. The molecule has 0 radical (unpaired) electrons. The Hall–Kier alpha value is -3.19. The number of anilines is 2. The van der Waals surface area contributed by atoms with Crippen molar-refractivity contribution in [2.75, 3.05) is 37.4 Å². The number of pyridine rings is 1. The molecule has 1 aromatic carbocycles. The van der Waals surface area contributed by atoms with Gasteiger partial charge in [0.25, 0.3) is 0 Å². The van der Waals surface area contributed by atoms with Crippen LogP contribution in [0.3, 0.4) is 0 Å². The zero-order valence-electron chi connectivity index (χ0n) is 22.6. The average molecular weight is 611 g/mol. The van der Waals surface area contributed by atoms with Crippen LogP contribution in [0.25, 0.3) is 22.2 Å². The summed E-state index contributed by atoms with van der Waals surface area (Å²) in [5.74, 6) is -0.904. The monoisotopic (exact) mass is 610 g/mol. The first-order valence-electron chi connectivity index (χ1n) is 13.9. The highest BCUT2D eigenvalue weighted by molar-refractivity contribution is 6.32. The van der Waals surface area contributed by atoms with E-state index in [0.717, 1.165) is 37.9 Å². The molecule has 224 valence electrons. The van der Waals surface area contributed by atoms with Crippen LogP contribution in [0.4, 0.5) is 33.5 Å². The molecule has 42 heavy (non-hydrogen) atoms. The van der Waals surface area contributed by atoms with E-state index in [9.17, 15) is 17.6 Å². The Morgan fingerprint density at radius 3 is 2.81 bits per heavy atom. The highest BCUT2D eigenvalue weighted by atomic mass is 35.5. The highest BCUT2D eigenvalue weighted by Gasteiger charge is 2.49. The number of rotatable bonds is 4. The molecule has 2 saturated heterocycles. The molecule has 0 amide bonds. The van der Waals surface area contributed by atoms with Gasteiger partial charge in [-0.05, 0) is 44.4 Å². The SMILES string of the molecule is CN1c2nc(OC[C@@]34CCCN3C[C@H](F)C4)nc3c(F)c(-c4cc(N)cc(Cl)c4C(F)(F)F)nc(c23)OC2CCC1C2. The number of alkyl halides is 4. The van der Waals surface area contributed by atoms with Gasteiger partial charge in [-0.25, -0.2) is 13.8 Å². The molecule has 4 atom stereocenters. The third kappa shape index (κ3) is 4.38. The Morgan fingerprint density at radius 2 is 2.02 bits per heavy atom. The lowest BCUT2D eigenvalue weighted by atomic mass is 9.95. The van der Waals surface area contributed by atoms with Crippen LogP contribution in [-0.4, -0.2) is 70.5 Å². The number of benzene rings is 1. The second-order valence-electron chi connectivity index (χ2n) is 11.7. The summed E-state index contributed by atoms with van der Waals surface area (Å²) in [7, 11) is 1.82. The zero-order valence-corrected chi connectivity index (χ0v) is 23.4. The summed E-state index contributed by atoms with van der Waals surface area (Å²) < 4.78 is 85.6. The molecular formula is C28H28ClF5N6O2. The minimum Gasteiger partial charge on any atom is -0.474 e. The fourth-order valence-corrected chi connectivity index (χ4v) is 7.48. The molecule has 5 heterocycles. The summed E-state index contributed by atoms with van der Waals surface area (Å²) in [6, 6.07) is 1.82. The molecule has 2 aromatic heterocycles. The van der Waals surface area contributed by atoms with E-state index < -0.39 is 45.5 Å². The van der Waals surface area contributed by atoms with Crippen LogP contribution in [-0.2, 0) is 6.18 Å². The third-order valence-corrected chi connectivity index (χ3v) is 9.41. The van der Waals surface area contributed by atoms with E-state index in [0.29, 0.717) is 31.6 Å². The molecule has 0 spiro atoms. The van der Waals surface area contributed by atoms with Gasteiger partial charge in [0.1, 0.15) is 41.3 Å². The van der Waals surface area contributed by atoms with Crippen molar-refractivity contribution in [3.05, 3.63) is 28.5 Å². The lowest BCUT2D eigenvalue weighted by molar-refractivity contribution is -0.137. The predicted octanol–water partition coefficient (Wildman–Crippen LogP) is 5.79. The molecule has 2 unspecified atom stereocenters. The molecule has 2 N–H and O–H groups in total. The molecule has 4 aliphatic rings. The Kier molecular flexibility index (Phi) is 6.36. The van der Waals surface area contributed by atoms with Crippen molar-refractivity contribution >= 4 is 34.0 Å². The Bertz CT molecular complexity index is 1590. The molecule has 7 rings (SSSR count). The van der Waals surface area contributed by atoms with Gasteiger partial charge < -0.3 is 20.1 Å². The lowest BCUT2D eigenvalue weighted by Gasteiger charge is -2.32. The van der Waals surface area contributed by atoms with E-state index in [1.807, 2.05) is 11.9 Å². The van der Waals surface area contributed by atoms with Gasteiger partial charge in [-0.3, -0.25) is 4.90 Å². The third-order valence-electron chi connectivity index (χ3n) is 9.11. The maximum atomic E-state index is 16.5. The second-order valence-corrected chi connectivity index (χ2v) is 12.1. The van der Waals surface area contributed by atoms with E-state index in [1.54, 1.807) is 0 Å². The molecule has 1 aliphatic carbocycles. The van der Waals surface area contributed by atoms with Gasteiger partial charge in [-0.1, -0.05) is 11.6 Å². The fraction of sp³-hybridized carbons (Fsp3) is 0.536. The molecule has 14 heteroatoms. The number of fused-ring (bicyclic) bond motifs is 3.